The van der Waals surface area contributed by atoms with Crippen LogP contribution in [0.1, 0.15) is 57.7 Å². The molecule has 4 heteroatoms. The highest BCUT2D eigenvalue weighted by molar-refractivity contribution is 6.30. The zero-order valence-corrected chi connectivity index (χ0v) is 14.9. The first-order valence-electron chi connectivity index (χ1n) is 8.25. The highest BCUT2D eigenvalue weighted by Crippen LogP contribution is 2.40. The Balaban J connectivity index is 2.09. The van der Waals surface area contributed by atoms with Gasteiger partial charge in [-0.25, -0.2) is 0 Å². The van der Waals surface area contributed by atoms with Gasteiger partial charge in [0.25, 0.3) is 0 Å². The monoisotopic (exact) mass is 311 g/mol. The molecule has 2 rings (SSSR count). The number of aromatic nitrogens is 2. The summed E-state index contributed by atoms with van der Waals surface area (Å²) in [6.07, 6.45) is 6.30. The summed E-state index contributed by atoms with van der Waals surface area (Å²) in [6.45, 7) is 10.1. The van der Waals surface area contributed by atoms with Crippen molar-refractivity contribution < 1.29 is 0 Å². The second-order valence-corrected chi connectivity index (χ2v) is 7.71. The van der Waals surface area contributed by atoms with Gasteiger partial charge in [0.1, 0.15) is 5.15 Å². The van der Waals surface area contributed by atoms with E-state index in [0.717, 1.165) is 29.7 Å². The topological polar surface area (TPSA) is 29.9 Å². The Hall–Kier alpha value is -0.540. The molecule has 1 saturated carbocycles. The second kappa shape index (κ2) is 6.70. The maximum Gasteiger partial charge on any atom is 0.130 e. The van der Waals surface area contributed by atoms with Gasteiger partial charge in [-0.3, -0.25) is 4.68 Å². The number of nitrogens with zero attached hydrogens (tertiary/aromatic N) is 2. The lowest BCUT2D eigenvalue weighted by atomic mass is 9.70. The highest BCUT2D eigenvalue weighted by atomic mass is 35.5. The summed E-state index contributed by atoms with van der Waals surface area (Å²) in [7, 11) is 1.92. The Morgan fingerprint density at radius 1 is 1.38 bits per heavy atom. The van der Waals surface area contributed by atoms with Crippen molar-refractivity contribution >= 4 is 11.6 Å². The van der Waals surface area contributed by atoms with Crippen molar-refractivity contribution in [2.45, 2.75) is 65.8 Å². The van der Waals surface area contributed by atoms with Crippen molar-refractivity contribution in [2.75, 3.05) is 6.54 Å². The third-order valence-corrected chi connectivity index (χ3v) is 5.59. The van der Waals surface area contributed by atoms with E-state index in [4.69, 9.17) is 11.6 Å². The molecule has 1 aliphatic rings. The SMILES string of the molecule is CCNC(Cc1c(C)nn(C)c1Cl)C1CCC(C)(C)CC1. The Kier molecular flexibility index (Phi) is 5.37. The van der Waals surface area contributed by atoms with Crippen LogP contribution in [0.4, 0.5) is 0 Å². The third kappa shape index (κ3) is 4.01. The van der Waals surface area contributed by atoms with Gasteiger partial charge >= 0.3 is 0 Å². The lowest BCUT2D eigenvalue weighted by Crippen LogP contribution is -2.40. The van der Waals surface area contributed by atoms with Crippen LogP contribution in [-0.2, 0) is 13.5 Å². The van der Waals surface area contributed by atoms with Crippen molar-refractivity contribution in [2.24, 2.45) is 18.4 Å². The zero-order chi connectivity index (χ0) is 15.6. The minimum Gasteiger partial charge on any atom is -0.314 e. The average Bonchev–Trinajstić information content (AvgIpc) is 2.65. The molecule has 1 aromatic rings. The first-order chi connectivity index (χ1) is 9.84. The summed E-state index contributed by atoms with van der Waals surface area (Å²) in [5.41, 5.74) is 2.81. The number of halogens is 1. The molecule has 1 fully saturated rings. The number of nitrogens with one attached hydrogen (secondary N) is 1. The normalized spacial score (nSPS) is 20.7. The maximum absolute atomic E-state index is 6.42. The number of hydrogen-bond donors (Lipinski definition) is 1. The van der Waals surface area contributed by atoms with Crippen LogP contribution in [0.25, 0.3) is 0 Å². The minimum absolute atomic E-state index is 0.520. The molecule has 0 saturated heterocycles. The number of rotatable bonds is 5. The molecule has 0 aliphatic heterocycles. The molecule has 21 heavy (non-hydrogen) atoms. The predicted molar refractivity (Wildman–Crippen MR) is 89.9 cm³/mol. The van der Waals surface area contributed by atoms with E-state index in [0.29, 0.717) is 11.5 Å². The highest BCUT2D eigenvalue weighted by Gasteiger charge is 2.32. The molecule has 1 aromatic heterocycles. The fourth-order valence-electron chi connectivity index (χ4n) is 3.62. The van der Waals surface area contributed by atoms with Gasteiger partial charge in [-0.15, -0.1) is 0 Å². The second-order valence-electron chi connectivity index (χ2n) is 7.35. The van der Waals surface area contributed by atoms with E-state index in [-0.39, 0.29) is 0 Å². The number of hydrogen-bond acceptors (Lipinski definition) is 2. The fraction of sp³-hybridized carbons (Fsp3) is 0.824. The fourth-order valence-corrected chi connectivity index (χ4v) is 3.87. The van der Waals surface area contributed by atoms with E-state index < -0.39 is 0 Å². The summed E-state index contributed by atoms with van der Waals surface area (Å²) >= 11 is 6.42. The lowest BCUT2D eigenvalue weighted by Gasteiger charge is -2.38. The summed E-state index contributed by atoms with van der Waals surface area (Å²) in [5, 5.41) is 8.94. The smallest absolute Gasteiger partial charge is 0.130 e. The van der Waals surface area contributed by atoms with Gasteiger partial charge in [0, 0.05) is 18.7 Å². The molecule has 1 N–H and O–H groups in total. The summed E-state index contributed by atoms with van der Waals surface area (Å²) in [4.78, 5) is 0. The van der Waals surface area contributed by atoms with Crippen molar-refractivity contribution in [1.82, 2.24) is 15.1 Å². The molecule has 0 aromatic carbocycles. The molecule has 0 bridgehead atoms. The molecule has 0 radical (unpaired) electrons. The molecular formula is C17H30ClN3. The maximum atomic E-state index is 6.42. The van der Waals surface area contributed by atoms with Gasteiger partial charge in [0.15, 0.2) is 0 Å². The Bertz CT molecular complexity index is 469. The van der Waals surface area contributed by atoms with Gasteiger partial charge in [-0.05, 0) is 56.9 Å². The first-order valence-corrected chi connectivity index (χ1v) is 8.63. The molecule has 1 aliphatic carbocycles. The zero-order valence-electron chi connectivity index (χ0n) is 14.2. The van der Waals surface area contributed by atoms with E-state index >= 15 is 0 Å². The minimum atomic E-state index is 0.520. The van der Waals surface area contributed by atoms with E-state index in [9.17, 15) is 0 Å². The Labute approximate surface area is 134 Å². The van der Waals surface area contributed by atoms with Gasteiger partial charge in [-0.2, -0.15) is 5.10 Å². The molecule has 1 heterocycles. The van der Waals surface area contributed by atoms with Gasteiger partial charge in [0.05, 0.1) is 5.69 Å². The quantitative estimate of drug-likeness (QED) is 0.886. The van der Waals surface area contributed by atoms with Crippen LogP contribution in [0.2, 0.25) is 5.15 Å². The molecule has 3 nitrogen and oxygen atoms in total. The van der Waals surface area contributed by atoms with Gasteiger partial charge < -0.3 is 5.32 Å². The van der Waals surface area contributed by atoms with Crippen molar-refractivity contribution in [3.63, 3.8) is 0 Å². The molecule has 1 atom stereocenters. The largest absolute Gasteiger partial charge is 0.314 e. The number of likely N-dealkylation sites (N-methyl/N-ethyl adjacent to an activating group) is 1. The van der Waals surface area contributed by atoms with E-state index in [2.05, 4.69) is 38.1 Å². The van der Waals surface area contributed by atoms with E-state index in [1.54, 1.807) is 4.68 Å². The lowest BCUT2D eigenvalue weighted by molar-refractivity contribution is 0.161. The van der Waals surface area contributed by atoms with Gasteiger partial charge in [0.2, 0.25) is 0 Å². The van der Waals surface area contributed by atoms with Gasteiger partial charge in [-0.1, -0.05) is 32.4 Å². The molecule has 0 spiro atoms. The third-order valence-electron chi connectivity index (χ3n) is 5.11. The van der Waals surface area contributed by atoms with E-state index in [1.807, 2.05) is 7.05 Å². The first kappa shape index (κ1) is 16.8. The molecule has 0 amide bonds. The van der Waals surface area contributed by atoms with Crippen molar-refractivity contribution in [1.29, 1.82) is 0 Å². The van der Waals surface area contributed by atoms with Crippen LogP contribution in [0.5, 0.6) is 0 Å². The van der Waals surface area contributed by atoms with Crippen LogP contribution in [0, 0.1) is 18.3 Å². The molecule has 1 unspecified atom stereocenters. The van der Waals surface area contributed by atoms with Crippen LogP contribution < -0.4 is 5.32 Å². The van der Waals surface area contributed by atoms with Crippen LogP contribution in [0.15, 0.2) is 0 Å². The molecular weight excluding hydrogens is 282 g/mol. The summed E-state index contributed by atoms with van der Waals surface area (Å²) in [5.74, 6) is 0.758. The van der Waals surface area contributed by atoms with Crippen LogP contribution in [0.3, 0.4) is 0 Å². The van der Waals surface area contributed by atoms with Crippen LogP contribution >= 0.6 is 11.6 Å². The summed E-state index contributed by atoms with van der Waals surface area (Å²) < 4.78 is 1.79. The van der Waals surface area contributed by atoms with Crippen molar-refractivity contribution in [3.8, 4) is 0 Å². The standard InChI is InChI=1S/C17H30ClN3/c1-6-19-15(13-7-9-17(3,4)10-8-13)11-14-12(2)20-21(5)16(14)18/h13,15,19H,6-11H2,1-5H3. The van der Waals surface area contributed by atoms with Crippen LogP contribution in [-0.4, -0.2) is 22.4 Å². The Morgan fingerprint density at radius 3 is 2.48 bits per heavy atom. The van der Waals surface area contributed by atoms with Crippen molar-refractivity contribution in [3.05, 3.63) is 16.4 Å². The average molecular weight is 312 g/mol. The molecule has 120 valence electrons. The summed E-state index contributed by atoms with van der Waals surface area (Å²) in [6, 6.07) is 0.520. The number of aryl methyl sites for hydroxylation is 2. The predicted octanol–water partition coefficient (Wildman–Crippen LogP) is 4.12. The Morgan fingerprint density at radius 2 is 2.00 bits per heavy atom. The van der Waals surface area contributed by atoms with E-state index in [1.165, 1.54) is 31.2 Å².